The van der Waals surface area contributed by atoms with Gasteiger partial charge in [0, 0.05) is 16.5 Å². The van der Waals surface area contributed by atoms with Crippen molar-refractivity contribution in [2.45, 2.75) is 45.4 Å². The van der Waals surface area contributed by atoms with E-state index in [0.29, 0.717) is 16.9 Å². The molecule has 0 radical (unpaired) electrons. The highest BCUT2D eigenvalue weighted by Gasteiger charge is 2.37. The van der Waals surface area contributed by atoms with Crippen molar-refractivity contribution in [3.8, 4) is 16.9 Å². The van der Waals surface area contributed by atoms with Gasteiger partial charge in [-0.15, -0.1) is 0 Å². The lowest BCUT2D eigenvalue weighted by atomic mass is 9.69. The van der Waals surface area contributed by atoms with Crippen molar-refractivity contribution in [2.24, 2.45) is 0 Å². The number of nitrogens with zero attached hydrogens (tertiary/aromatic N) is 1. The molecule has 3 aromatic rings. The molecule has 1 aliphatic carbocycles. The Balaban J connectivity index is 2.03. The van der Waals surface area contributed by atoms with Crippen LogP contribution < -0.4 is 11.2 Å². The van der Waals surface area contributed by atoms with Crippen LogP contribution in [0.4, 0.5) is 0 Å². The molecule has 0 spiro atoms. The van der Waals surface area contributed by atoms with Gasteiger partial charge in [-0.25, -0.2) is 9.36 Å². The molecular weight excluding hydrogens is 336 g/mol. The molecule has 1 aromatic heterocycles. The molecule has 0 saturated carbocycles. The molecular formula is C23H24N2O2. The molecule has 0 unspecified atom stereocenters. The first-order valence-electron chi connectivity index (χ1n) is 9.56. The van der Waals surface area contributed by atoms with E-state index in [1.165, 1.54) is 15.7 Å². The van der Waals surface area contributed by atoms with Crippen LogP contribution in [-0.4, -0.2) is 9.55 Å². The zero-order valence-corrected chi connectivity index (χ0v) is 16.0. The van der Waals surface area contributed by atoms with E-state index in [2.05, 4.69) is 31.8 Å². The highest BCUT2D eigenvalue weighted by molar-refractivity contribution is 5.71. The van der Waals surface area contributed by atoms with Gasteiger partial charge >= 0.3 is 5.69 Å². The van der Waals surface area contributed by atoms with Crippen LogP contribution in [0.2, 0.25) is 0 Å². The second-order valence-electron chi connectivity index (χ2n) is 7.59. The van der Waals surface area contributed by atoms with Gasteiger partial charge < -0.3 is 4.98 Å². The first kappa shape index (κ1) is 17.5. The van der Waals surface area contributed by atoms with E-state index in [1.54, 1.807) is 0 Å². The number of hydrogen-bond acceptors (Lipinski definition) is 2. The van der Waals surface area contributed by atoms with Crippen molar-refractivity contribution >= 4 is 0 Å². The standard InChI is InChI=1S/C23H24N2O2/c1-4-15-10-12-17(13-11-15)25-21(26)19-20(24-22(25)27)18-9-7-6-8-16(18)14-23(19,3)5-2/h6-13H,4-5,14H2,1-3H3,(H,24,27)/t23-/m1/s1. The first-order chi connectivity index (χ1) is 13.0. The van der Waals surface area contributed by atoms with Crippen LogP contribution in [0.1, 0.15) is 43.9 Å². The van der Waals surface area contributed by atoms with Crippen molar-refractivity contribution in [1.82, 2.24) is 9.55 Å². The van der Waals surface area contributed by atoms with Crippen LogP contribution in [0.15, 0.2) is 58.1 Å². The van der Waals surface area contributed by atoms with Gasteiger partial charge in [0.25, 0.3) is 5.56 Å². The predicted molar refractivity (Wildman–Crippen MR) is 109 cm³/mol. The summed E-state index contributed by atoms with van der Waals surface area (Å²) in [6.07, 6.45) is 2.54. The summed E-state index contributed by atoms with van der Waals surface area (Å²) in [5.74, 6) is 0. The summed E-state index contributed by atoms with van der Waals surface area (Å²) in [7, 11) is 0. The topological polar surface area (TPSA) is 54.9 Å². The van der Waals surface area contributed by atoms with Crippen LogP contribution in [0.25, 0.3) is 16.9 Å². The van der Waals surface area contributed by atoms with Crippen molar-refractivity contribution in [1.29, 1.82) is 0 Å². The molecule has 4 rings (SSSR count). The van der Waals surface area contributed by atoms with E-state index in [-0.39, 0.29) is 11.0 Å². The Morgan fingerprint density at radius 3 is 2.41 bits per heavy atom. The average molecular weight is 360 g/mol. The van der Waals surface area contributed by atoms with Crippen LogP contribution in [-0.2, 0) is 18.3 Å². The number of nitrogens with one attached hydrogen (secondary N) is 1. The SMILES string of the molecule is CCc1ccc(-n2c(=O)[nH]c3c(c2=O)[C@](C)(CC)Cc2ccccc2-3)cc1. The van der Waals surface area contributed by atoms with Crippen molar-refractivity contribution < 1.29 is 0 Å². The Hall–Kier alpha value is -2.88. The molecule has 0 fully saturated rings. The Morgan fingerprint density at radius 1 is 1.04 bits per heavy atom. The van der Waals surface area contributed by atoms with E-state index in [4.69, 9.17) is 0 Å². The molecule has 1 heterocycles. The molecule has 138 valence electrons. The van der Waals surface area contributed by atoms with Gasteiger partial charge in [-0.1, -0.05) is 57.2 Å². The first-order valence-corrected chi connectivity index (χ1v) is 9.56. The third-order valence-corrected chi connectivity index (χ3v) is 5.96. The number of hydrogen-bond donors (Lipinski definition) is 1. The summed E-state index contributed by atoms with van der Waals surface area (Å²) in [4.78, 5) is 29.4. The lowest BCUT2D eigenvalue weighted by Crippen LogP contribution is -2.44. The third kappa shape index (κ3) is 2.67. The van der Waals surface area contributed by atoms with Gasteiger partial charge in [-0.2, -0.15) is 0 Å². The van der Waals surface area contributed by atoms with Crippen LogP contribution in [0.3, 0.4) is 0 Å². The van der Waals surface area contributed by atoms with Gasteiger partial charge in [0.05, 0.1) is 11.4 Å². The number of aryl methyl sites for hydroxylation is 1. The second kappa shape index (κ2) is 6.38. The summed E-state index contributed by atoms with van der Waals surface area (Å²) in [6.45, 7) is 6.30. The molecule has 0 bridgehead atoms. The Bertz CT molecular complexity index is 1120. The summed E-state index contributed by atoms with van der Waals surface area (Å²) in [6, 6.07) is 15.7. The smallest absolute Gasteiger partial charge is 0.306 e. The van der Waals surface area contributed by atoms with E-state index in [0.717, 1.165) is 24.8 Å². The maximum atomic E-state index is 13.5. The molecule has 4 nitrogen and oxygen atoms in total. The van der Waals surface area contributed by atoms with Gasteiger partial charge in [0.15, 0.2) is 0 Å². The Morgan fingerprint density at radius 2 is 1.74 bits per heavy atom. The third-order valence-electron chi connectivity index (χ3n) is 5.96. The lowest BCUT2D eigenvalue weighted by Gasteiger charge is -2.35. The molecule has 2 aromatic carbocycles. The minimum Gasteiger partial charge on any atom is -0.306 e. The van der Waals surface area contributed by atoms with Gasteiger partial charge in [-0.05, 0) is 42.5 Å². The molecule has 0 saturated heterocycles. The zero-order chi connectivity index (χ0) is 19.2. The van der Waals surface area contributed by atoms with Gasteiger partial charge in [-0.3, -0.25) is 4.79 Å². The number of rotatable bonds is 3. The number of aromatic nitrogens is 2. The number of H-pyrrole nitrogens is 1. The van der Waals surface area contributed by atoms with E-state index >= 15 is 0 Å². The molecule has 1 N–H and O–H groups in total. The molecule has 1 atom stereocenters. The number of benzene rings is 2. The Labute approximate surface area is 158 Å². The maximum Gasteiger partial charge on any atom is 0.333 e. The molecule has 0 aliphatic heterocycles. The van der Waals surface area contributed by atoms with Gasteiger partial charge in [0.2, 0.25) is 0 Å². The van der Waals surface area contributed by atoms with Crippen LogP contribution in [0.5, 0.6) is 0 Å². The Kier molecular flexibility index (Phi) is 4.14. The van der Waals surface area contributed by atoms with E-state index in [1.807, 2.05) is 42.5 Å². The largest absolute Gasteiger partial charge is 0.333 e. The highest BCUT2D eigenvalue weighted by Crippen LogP contribution is 2.41. The van der Waals surface area contributed by atoms with Crippen molar-refractivity contribution in [2.75, 3.05) is 0 Å². The fourth-order valence-corrected chi connectivity index (χ4v) is 4.14. The highest BCUT2D eigenvalue weighted by atomic mass is 16.2. The van der Waals surface area contributed by atoms with Crippen LogP contribution >= 0.6 is 0 Å². The predicted octanol–water partition coefficient (Wildman–Crippen LogP) is 3.98. The second-order valence-corrected chi connectivity index (χ2v) is 7.59. The minimum absolute atomic E-state index is 0.211. The fraction of sp³-hybridized carbons (Fsp3) is 0.304. The molecule has 0 amide bonds. The van der Waals surface area contributed by atoms with Crippen molar-refractivity contribution in [3.63, 3.8) is 0 Å². The average Bonchev–Trinajstić information content (AvgIpc) is 2.68. The molecule has 1 aliphatic rings. The van der Waals surface area contributed by atoms with E-state index in [9.17, 15) is 9.59 Å². The minimum atomic E-state index is -0.391. The van der Waals surface area contributed by atoms with Gasteiger partial charge in [0.1, 0.15) is 0 Å². The fourth-order valence-electron chi connectivity index (χ4n) is 4.14. The summed E-state index contributed by atoms with van der Waals surface area (Å²) >= 11 is 0. The molecule has 27 heavy (non-hydrogen) atoms. The number of fused-ring (bicyclic) bond motifs is 3. The molecule has 4 heteroatoms. The lowest BCUT2D eigenvalue weighted by molar-refractivity contribution is 0.437. The quantitative estimate of drug-likeness (QED) is 0.768. The summed E-state index contributed by atoms with van der Waals surface area (Å²) < 4.78 is 1.28. The summed E-state index contributed by atoms with van der Waals surface area (Å²) in [5.41, 5.74) is 4.40. The monoisotopic (exact) mass is 360 g/mol. The zero-order valence-electron chi connectivity index (χ0n) is 16.0. The number of aromatic amines is 1. The van der Waals surface area contributed by atoms with E-state index < -0.39 is 5.69 Å². The summed E-state index contributed by atoms with van der Waals surface area (Å²) in [5, 5.41) is 0. The van der Waals surface area contributed by atoms with Crippen molar-refractivity contribution in [3.05, 3.63) is 86.1 Å². The normalized spacial score (nSPS) is 18.0. The maximum absolute atomic E-state index is 13.5. The van der Waals surface area contributed by atoms with Crippen LogP contribution in [0, 0.1) is 0 Å².